The largest absolute Gasteiger partial charge is 0.478 e. The first kappa shape index (κ1) is 19.0. The topological polar surface area (TPSA) is 146 Å². The quantitative estimate of drug-likeness (QED) is 0.474. The lowest BCUT2D eigenvalue weighted by atomic mass is 10.1. The first-order chi connectivity index (χ1) is 13.8. The Labute approximate surface area is 165 Å². The molecular formula is C18H16N4O6S. The molecule has 2 aromatic carbocycles. The van der Waals surface area contributed by atoms with Gasteiger partial charge < -0.3 is 14.4 Å². The number of aromatic nitrogens is 1. The summed E-state index contributed by atoms with van der Waals surface area (Å²) in [5, 5.41) is 16.8. The Hall–Kier alpha value is -3.31. The Morgan fingerprint density at radius 2 is 2.07 bits per heavy atom. The van der Waals surface area contributed by atoms with Gasteiger partial charge in [0.1, 0.15) is 16.1 Å². The number of hydrogen-bond acceptors (Lipinski definition) is 8. The van der Waals surface area contributed by atoms with Gasteiger partial charge in [-0.3, -0.25) is 4.55 Å². The number of carbonyl (C=O) groups is 1. The lowest BCUT2D eigenvalue weighted by Gasteiger charge is -2.17. The molecule has 0 radical (unpaired) electrons. The van der Waals surface area contributed by atoms with Crippen molar-refractivity contribution in [3.63, 3.8) is 0 Å². The smallest absolute Gasteiger partial charge is 0.341 e. The Bertz CT molecular complexity index is 1260. The number of azo groups is 1. The molecule has 2 N–H and O–H groups in total. The molecule has 10 nitrogen and oxygen atoms in total. The first-order valence-corrected chi connectivity index (χ1v) is 10.1. The highest BCUT2D eigenvalue weighted by Gasteiger charge is 2.25. The molecule has 0 fully saturated rings. The van der Waals surface area contributed by atoms with Crippen LogP contribution in [0, 0.1) is 0 Å². The number of hydrogen-bond donors (Lipinski definition) is 2. The van der Waals surface area contributed by atoms with Gasteiger partial charge >= 0.3 is 12.0 Å². The second kappa shape index (κ2) is 6.94. The lowest BCUT2D eigenvalue weighted by Crippen LogP contribution is -2.19. The molecule has 11 heteroatoms. The van der Waals surface area contributed by atoms with E-state index in [0.717, 1.165) is 24.2 Å². The van der Waals surface area contributed by atoms with Gasteiger partial charge in [0.2, 0.25) is 0 Å². The van der Waals surface area contributed by atoms with Crippen molar-refractivity contribution in [2.45, 2.75) is 18.2 Å². The number of likely N-dealkylation sites (N-methyl/N-ethyl adjacent to an activating group) is 1. The molecule has 0 saturated heterocycles. The van der Waals surface area contributed by atoms with Gasteiger partial charge in [-0.25, -0.2) is 4.79 Å². The zero-order valence-corrected chi connectivity index (χ0v) is 16.0. The van der Waals surface area contributed by atoms with E-state index in [0.29, 0.717) is 12.1 Å². The van der Waals surface area contributed by atoms with Gasteiger partial charge in [-0.2, -0.15) is 13.4 Å². The summed E-state index contributed by atoms with van der Waals surface area (Å²) in [5.74, 6) is -1.11. The average Bonchev–Trinajstić information content (AvgIpc) is 3.26. The summed E-state index contributed by atoms with van der Waals surface area (Å²) in [6.45, 7) is 3.41. The molecule has 2 heterocycles. The van der Waals surface area contributed by atoms with Gasteiger partial charge in [-0.1, -0.05) is 5.11 Å². The van der Waals surface area contributed by atoms with Gasteiger partial charge in [0.15, 0.2) is 5.58 Å². The summed E-state index contributed by atoms with van der Waals surface area (Å²) in [4.78, 5) is 16.8. The second-order valence-electron chi connectivity index (χ2n) is 6.44. The van der Waals surface area contributed by atoms with E-state index in [-0.39, 0.29) is 27.7 Å². The van der Waals surface area contributed by atoms with Crippen molar-refractivity contribution in [3.05, 3.63) is 41.5 Å². The summed E-state index contributed by atoms with van der Waals surface area (Å²) in [7, 11) is -4.53. The van der Waals surface area contributed by atoms with Crippen LogP contribution < -0.4 is 4.90 Å². The van der Waals surface area contributed by atoms with Crippen LogP contribution in [0.5, 0.6) is 0 Å². The monoisotopic (exact) mass is 416 g/mol. The van der Waals surface area contributed by atoms with Crippen molar-refractivity contribution in [3.8, 4) is 0 Å². The SMILES string of the molecule is CCN1CCc2cc(N=Nc3nc4ccc(C(=O)O)cc4o3)c(S(=O)(=O)O)cc21. The number of carboxylic acid groups (broad SMARTS) is 1. The highest BCUT2D eigenvalue weighted by atomic mass is 32.2. The molecule has 0 unspecified atom stereocenters. The lowest BCUT2D eigenvalue weighted by molar-refractivity contribution is 0.0697. The van der Waals surface area contributed by atoms with Crippen molar-refractivity contribution in [1.29, 1.82) is 0 Å². The summed E-state index contributed by atoms with van der Waals surface area (Å²) >= 11 is 0. The molecule has 0 bridgehead atoms. The van der Waals surface area contributed by atoms with Crippen molar-refractivity contribution in [2.75, 3.05) is 18.0 Å². The number of benzene rings is 2. The number of fused-ring (bicyclic) bond motifs is 2. The summed E-state index contributed by atoms with van der Waals surface area (Å²) < 4.78 is 38.7. The van der Waals surface area contributed by atoms with E-state index in [1.54, 1.807) is 6.07 Å². The van der Waals surface area contributed by atoms with Crippen LogP contribution in [0.1, 0.15) is 22.8 Å². The molecule has 150 valence electrons. The third-order valence-corrected chi connectivity index (χ3v) is 5.56. The molecule has 0 spiro atoms. The van der Waals surface area contributed by atoms with Gasteiger partial charge in [0.05, 0.1) is 5.56 Å². The van der Waals surface area contributed by atoms with E-state index in [4.69, 9.17) is 9.52 Å². The zero-order valence-electron chi connectivity index (χ0n) is 15.2. The highest BCUT2D eigenvalue weighted by molar-refractivity contribution is 7.86. The molecule has 4 rings (SSSR count). The van der Waals surface area contributed by atoms with Gasteiger partial charge in [-0.05, 0) is 49.2 Å². The van der Waals surface area contributed by atoms with E-state index in [1.807, 2.05) is 11.8 Å². The van der Waals surface area contributed by atoms with Crippen LogP contribution in [0.3, 0.4) is 0 Å². The Morgan fingerprint density at radius 1 is 1.28 bits per heavy atom. The van der Waals surface area contributed by atoms with Crippen molar-refractivity contribution < 1.29 is 27.3 Å². The standard InChI is InChI=1S/C18H16N4O6S/c1-2-22-6-5-10-7-13(16(9-14(10)22)29(25,26)27)20-21-18-19-12-4-3-11(17(23)24)8-15(12)28-18/h3-4,7-9H,2,5-6H2,1H3,(H,23,24)(H,25,26,27). The number of nitrogens with zero attached hydrogens (tertiary/aromatic N) is 4. The number of anilines is 1. The maximum atomic E-state index is 11.8. The Morgan fingerprint density at radius 3 is 2.76 bits per heavy atom. The summed E-state index contributed by atoms with van der Waals surface area (Å²) in [5.41, 5.74) is 2.23. The van der Waals surface area contributed by atoms with Gasteiger partial charge in [-0.15, -0.1) is 5.11 Å². The Kier molecular flexibility index (Phi) is 4.55. The molecule has 0 amide bonds. The minimum absolute atomic E-state index is 0.0299. The predicted molar refractivity (Wildman–Crippen MR) is 103 cm³/mol. The van der Waals surface area contributed by atoms with Crippen molar-refractivity contribution in [2.24, 2.45) is 10.2 Å². The molecule has 1 aromatic heterocycles. The number of aromatic carboxylic acids is 1. The van der Waals surface area contributed by atoms with Gasteiger partial charge in [0.25, 0.3) is 10.1 Å². The van der Waals surface area contributed by atoms with Crippen LogP contribution in [-0.2, 0) is 16.5 Å². The number of rotatable bonds is 5. The molecule has 0 aliphatic carbocycles. The minimum Gasteiger partial charge on any atom is -0.478 e. The van der Waals surface area contributed by atoms with Crippen LogP contribution in [0.4, 0.5) is 17.4 Å². The van der Waals surface area contributed by atoms with E-state index < -0.39 is 16.1 Å². The van der Waals surface area contributed by atoms with Crippen molar-refractivity contribution >= 4 is 44.6 Å². The Balaban J connectivity index is 1.75. The third-order valence-electron chi connectivity index (χ3n) is 4.68. The number of oxazole rings is 1. The zero-order chi connectivity index (χ0) is 20.8. The molecule has 1 aliphatic rings. The number of carboxylic acids is 1. The summed E-state index contributed by atoms with van der Waals surface area (Å²) in [6.07, 6.45) is 0.721. The maximum Gasteiger partial charge on any atom is 0.341 e. The van der Waals surface area contributed by atoms with E-state index >= 15 is 0 Å². The molecule has 1 aliphatic heterocycles. The van der Waals surface area contributed by atoms with Crippen molar-refractivity contribution in [1.82, 2.24) is 4.98 Å². The highest BCUT2D eigenvalue weighted by Crippen LogP contribution is 2.37. The normalized spacial score (nSPS) is 14.1. The van der Waals surface area contributed by atoms with Crippen LogP contribution in [0.25, 0.3) is 11.1 Å². The fraction of sp³-hybridized carbons (Fsp3) is 0.222. The van der Waals surface area contributed by atoms with Crippen LogP contribution in [-0.4, -0.2) is 42.1 Å². The molecule has 0 saturated carbocycles. The van der Waals surface area contributed by atoms with Crippen LogP contribution in [0.2, 0.25) is 0 Å². The average molecular weight is 416 g/mol. The fourth-order valence-corrected chi connectivity index (χ4v) is 3.89. The molecular weight excluding hydrogens is 400 g/mol. The molecule has 3 aromatic rings. The maximum absolute atomic E-state index is 11.8. The predicted octanol–water partition coefficient (Wildman–Crippen LogP) is 3.57. The fourth-order valence-electron chi connectivity index (χ4n) is 3.27. The molecule has 29 heavy (non-hydrogen) atoms. The first-order valence-electron chi connectivity index (χ1n) is 8.71. The van der Waals surface area contributed by atoms with Gasteiger partial charge in [0, 0.05) is 18.8 Å². The van der Waals surface area contributed by atoms with Crippen LogP contribution in [0.15, 0.2) is 49.9 Å². The minimum atomic E-state index is -4.53. The third kappa shape index (κ3) is 3.57. The van der Waals surface area contributed by atoms with E-state index in [1.165, 1.54) is 24.3 Å². The van der Waals surface area contributed by atoms with Crippen LogP contribution >= 0.6 is 0 Å². The second-order valence-corrected chi connectivity index (χ2v) is 7.83. The molecule has 0 atom stereocenters. The summed E-state index contributed by atoms with van der Waals surface area (Å²) in [6, 6.07) is 6.95. The van der Waals surface area contributed by atoms with E-state index in [2.05, 4.69) is 15.2 Å². The van der Waals surface area contributed by atoms with E-state index in [9.17, 15) is 17.8 Å².